The topological polar surface area (TPSA) is 88.4 Å². The Morgan fingerprint density at radius 2 is 1.72 bits per heavy atom. The standard InChI is InChI=1S/C28H21F4N5O2/c1-15-3-8-19(12-23(15)34-18-9-10-22-20(11-18)27(39)37(2)14-33-22)35-26(38)21-13-24(28(30,31)32)36-25(21)16-4-6-17(29)7-5-16/h3-12,14,34H,13H2,1-2H3,(H,35,38). The molecule has 1 aliphatic rings. The van der Waals surface area contributed by atoms with Gasteiger partial charge in [0.25, 0.3) is 11.5 Å². The molecule has 11 heteroatoms. The Hall–Kier alpha value is -4.80. The van der Waals surface area contributed by atoms with E-state index in [1.807, 2.05) is 6.92 Å². The molecule has 1 amide bonds. The highest BCUT2D eigenvalue weighted by atomic mass is 19.4. The highest BCUT2D eigenvalue weighted by Crippen LogP contribution is 2.36. The quantitative estimate of drug-likeness (QED) is 0.313. The Morgan fingerprint density at radius 1 is 1.00 bits per heavy atom. The number of carbonyl (C=O) groups excluding carboxylic acids is 1. The molecule has 0 fully saturated rings. The third-order valence-corrected chi connectivity index (χ3v) is 6.29. The van der Waals surface area contributed by atoms with Gasteiger partial charge in [-0.25, -0.2) is 14.4 Å². The Balaban J connectivity index is 1.43. The molecule has 1 aliphatic heterocycles. The second kappa shape index (κ2) is 9.82. The summed E-state index contributed by atoms with van der Waals surface area (Å²) in [6.45, 7) is 1.84. The maximum atomic E-state index is 13.4. The van der Waals surface area contributed by atoms with Crippen LogP contribution in [0.3, 0.4) is 0 Å². The van der Waals surface area contributed by atoms with Crippen LogP contribution in [-0.2, 0) is 11.8 Å². The number of nitrogens with zero attached hydrogens (tertiary/aromatic N) is 3. The average molecular weight is 536 g/mol. The van der Waals surface area contributed by atoms with Crippen molar-refractivity contribution in [3.8, 4) is 0 Å². The first-order chi connectivity index (χ1) is 18.5. The number of aromatic nitrogens is 2. The van der Waals surface area contributed by atoms with Crippen LogP contribution in [0, 0.1) is 12.7 Å². The van der Waals surface area contributed by atoms with Crippen molar-refractivity contribution in [2.45, 2.75) is 19.5 Å². The highest BCUT2D eigenvalue weighted by molar-refractivity contribution is 6.17. The first kappa shape index (κ1) is 25.8. The second-order valence-corrected chi connectivity index (χ2v) is 9.07. The average Bonchev–Trinajstić information content (AvgIpc) is 3.35. The van der Waals surface area contributed by atoms with Crippen LogP contribution in [0.25, 0.3) is 16.6 Å². The predicted octanol–water partition coefficient (Wildman–Crippen LogP) is 5.88. The fourth-order valence-electron chi connectivity index (χ4n) is 4.18. The number of halogens is 4. The number of anilines is 3. The van der Waals surface area contributed by atoms with Gasteiger partial charge in [0.15, 0.2) is 0 Å². The van der Waals surface area contributed by atoms with E-state index in [1.165, 1.54) is 23.0 Å². The number of amides is 1. The van der Waals surface area contributed by atoms with Crippen LogP contribution in [-0.4, -0.2) is 27.3 Å². The van der Waals surface area contributed by atoms with Gasteiger partial charge in [0.1, 0.15) is 11.5 Å². The molecule has 1 aromatic heterocycles. The fourth-order valence-corrected chi connectivity index (χ4v) is 4.18. The molecule has 5 rings (SSSR count). The van der Waals surface area contributed by atoms with Gasteiger partial charge in [-0.3, -0.25) is 9.59 Å². The summed E-state index contributed by atoms with van der Waals surface area (Å²) >= 11 is 0. The van der Waals surface area contributed by atoms with E-state index in [0.29, 0.717) is 28.0 Å². The molecular weight excluding hydrogens is 514 g/mol. The number of aryl methyl sites for hydroxylation is 2. The van der Waals surface area contributed by atoms with E-state index in [-0.39, 0.29) is 22.4 Å². The van der Waals surface area contributed by atoms with Gasteiger partial charge >= 0.3 is 6.18 Å². The van der Waals surface area contributed by atoms with Crippen molar-refractivity contribution in [1.29, 1.82) is 0 Å². The zero-order valence-corrected chi connectivity index (χ0v) is 20.7. The van der Waals surface area contributed by atoms with Gasteiger partial charge < -0.3 is 15.2 Å². The molecule has 39 heavy (non-hydrogen) atoms. The molecule has 0 saturated carbocycles. The van der Waals surface area contributed by atoms with E-state index >= 15 is 0 Å². The van der Waals surface area contributed by atoms with Gasteiger partial charge in [0, 0.05) is 41.7 Å². The van der Waals surface area contributed by atoms with Crippen LogP contribution in [0.4, 0.5) is 34.6 Å². The molecule has 0 radical (unpaired) electrons. The van der Waals surface area contributed by atoms with Crippen molar-refractivity contribution < 1.29 is 22.4 Å². The molecular formula is C28H21F4N5O2. The van der Waals surface area contributed by atoms with Gasteiger partial charge in [-0.1, -0.05) is 6.07 Å². The van der Waals surface area contributed by atoms with E-state index in [4.69, 9.17) is 0 Å². The number of nitrogens with one attached hydrogen (secondary N) is 2. The van der Waals surface area contributed by atoms with Crippen LogP contribution in [0.15, 0.2) is 82.4 Å². The Kier molecular flexibility index (Phi) is 6.51. The normalized spacial score (nSPS) is 13.5. The van der Waals surface area contributed by atoms with Gasteiger partial charge in [-0.15, -0.1) is 0 Å². The number of carbonyl (C=O) groups is 1. The first-order valence-electron chi connectivity index (χ1n) is 11.8. The Labute approximate surface area is 219 Å². The van der Waals surface area contributed by atoms with Crippen LogP contribution < -0.4 is 16.2 Å². The largest absolute Gasteiger partial charge is 0.429 e. The number of benzene rings is 3. The summed E-state index contributed by atoms with van der Waals surface area (Å²) in [6.07, 6.45) is -3.98. The third-order valence-electron chi connectivity index (χ3n) is 6.29. The lowest BCUT2D eigenvalue weighted by Gasteiger charge is -2.14. The lowest BCUT2D eigenvalue weighted by Crippen LogP contribution is -2.23. The molecule has 0 unspecified atom stereocenters. The smallest absolute Gasteiger partial charge is 0.355 e. The minimum atomic E-state index is -4.72. The number of rotatable bonds is 5. The van der Waals surface area contributed by atoms with E-state index < -0.39 is 30.0 Å². The second-order valence-electron chi connectivity index (χ2n) is 9.07. The van der Waals surface area contributed by atoms with Gasteiger partial charge in [-0.2, -0.15) is 13.2 Å². The van der Waals surface area contributed by atoms with Crippen molar-refractivity contribution >= 4 is 45.3 Å². The van der Waals surface area contributed by atoms with E-state index in [0.717, 1.165) is 17.7 Å². The minimum Gasteiger partial charge on any atom is -0.355 e. The summed E-state index contributed by atoms with van der Waals surface area (Å²) in [7, 11) is 1.61. The molecule has 0 atom stereocenters. The lowest BCUT2D eigenvalue weighted by atomic mass is 10.0. The zero-order chi connectivity index (χ0) is 27.9. The van der Waals surface area contributed by atoms with Gasteiger partial charge in [-0.05, 0) is 67.1 Å². The summed E-state index contributed by atoms with van der Waals surface area (Å²) in [5, 5.41) is 6.29. The molecule has 0 bridgehead atoms. The number of alkyl halides is 3. The Morgan fingerprint density at radius 3 is 2.44 bits per heavy atom. The van der Waals surface area contributed by atoms with E-state index in [1.54, 1.807) is 43.4 Å². The van der Waals surface area contributed by atoms with Gasteiger partial charge in [0.2, 0.25) is 0 Å². The zero-order valence-electron chi connectivity index (χ0n) is 20.7. The number of fused-ring (bicyclic) bond motifs is 1. The number of aliphatic imine (C=N–C) groups is 1. The molecule has 2 heterocycles. The molecule has 7 nitrogen and oxygen atoms in total. The number of hydrogen-bond acceptors (Lipinski definition) is 5. The Bertz CT molecular complexity index is 1740. The number of hydrogen-bond donors (Lipinski definition) is 2. The molecule has 0 spiro atoms. The maximum Gasteiger partial charge on any atom is 0.429 e. The van der Waals surface area contributed by atoms with Crippen LogP contribution >= 0.6 is 0 Å². The molecule has 4 aromatic rings. The van der Waals surface area contributed by atoms with Crippen molar-refractivity contribution in [2.75, 3.05) is 10.6 Å². The molecule has 3 aromatic carbocycles. The highest BCUT2D eigenvalue weighted by Gasteiger charge is 2.41. The van der Waals surface area contributed by atoms with Crippen molar-refractivity contribution in [1.82, 2.24) is 9.55 Å². The summed E-state index contributed by atoms with van der Waals surface area (Å²) in [6, 6.07) is 14.9. The van der Waals surface area contributed by atoms with Crippen LogP contribution in [0.5, 0.6) is 0 Å². The first-order valence-corrected chi connectivity index (χ1v) is 11.8. The summed E-state index contributed by atoms with van der Waals surface area (Å²) in [5.41, 5.74) is 1.48. The van der Waals surface area contributed by atoms with Crippen LogP contribution in [0.1, 0.15) is 17.5 Å². The molecule has 0 aliphatic carbocycles. The van der Waals surface area contributed by atoms with Crippen molar-refractivity contribution in [2.24, 2.45) is 12.0 Å². The predicted molar refractivity (Wildman–Crippen MR) is 142 cm³/mol. The SMILES string of the molecule is Cc1ccc(NC(=O)C2=C(c3ccc(F)cc3)N=C(C(F)(F)F)C2)cc1Nc1ccc2ncn(C)c(=O)c2c1. The summed E-state index contributed by atoms with van der Waals surface area (Å²) in [5.74, 6) is -1.32. The van der Waals surface area contributed by atoms with Crippen LogP contribution in [0.2, 0.25) is 0 Å². The maximum absolute atomic E-state index is 13.4. The third kappa shape index (κ3) is 5.28. The monoisotopic (exact) mass is 535 g/mol. The minimum absolute atomic E-state index is 0.156. The summed E-state index contributed by atoms with van der Waals surface area (Å²) < 4.78 is 55.1. The lowest BCUT2D eigenvalue weighted by molar-refractivity contribution is -0.112. The van der Waals surface area contributed by atoms with E-state index in [2.05, 4.69) is 20.6 Å². The fraction of sp³-hybridized carbons (Fsp3) is 0.143. The summed E-state index contributed by atoms with van der Waals surface area (Å²) in [4.78, 5) is 33.5. The molecule has 0 saturated heterocycles. The van der Waals surface area contributed by atoms with E-state index in [9.17, 15) is 27.2 Å². The molecule has 198 valence electrons. The van der Waals surface area contributed by atoms with Crippen molar-refractivity contribution in [3.63, 3.8) is 0 Å². The van der Waals surface area contributed by atoms with Gasteiger partial charge in [0.05, 0.1) is 22.9 Å². The molecule has 2 N–H and O–H groups in total. The van der Waals surface area contributed by atoms with Crippen molar-refractivity contribution in [3.05, 3.63) is 99.9 Å².